The lowest BCUT2D eigenvalue weighted by Crippen LogP contribution is -2.34. The maximum Gasteiger partial charge on any atom is 0.412 e. The Morgan fingerprint density at radius 3 is 3.00 bits per heavy atom. The first-order valence-corrected chi connectivity index (χ1v) is 9.30. The summed E-state index contributed by atoms with van der Waals surface area (Å²) in [6.07, 6.45) is 0.133. The maximum absolute atomic E-state index is 12.3. The number of hydrogen-bond donors (Lipinski definition) is 1. The second kappa shape index (κ2) is 8.16. The second-order valence-corrected chi connectivity index (χ2v) is 7.35. The van der Waals surface area contributed by atoms with Crippen molar-refractivity contribution < 1.29 is 19.0 Å². The quantitative estimate of drug-likeness (QED) is 0.798. The number of amides is 1. The molecule has 0 radical (unpaired) electrons. The van der Waals surface area contributed by atoms with Crippen LogP contribution in [0.4, 0.5) is 10.5 Å². The lowest BCUT2D eigenvalue weighted by atomic mass is 10.1. The second-order valence-electron chi connectivity index (χ2n) is 7.35. The van der Waals surface area contributed by atoms with Gasteiger partial charge in [-0.1, -0.05) is 11.3 Å². The van der Waals surface area contributed by atoms with Gasteiger partial charge < -0.3 is 19.1 Å². The van der Waals surface area contributed by atoms with Gasteiger partial charge in [0, 0.05) is 12.2 Å². The molecule has 10 heteroatoms. The summed E-state index contributed by atoms with van der Waals surface area (Å²) < 4.78 is 19.0. The van der Waals surface area contributed by atoms with E-state index in [0.717, 1.165) is 5.69 Å². The van der Waals surface area contributed by atoms with Gasteiger partial charge >= 0.3 is 6.09 Å². The fraction of sp³-hybridized carbons (Fsp3) is 0.474. The van der Waals surface area contributed by atoms with Crippen molar-refractivity contribution in [1.82, 2.24) is 19.9 Å². The van der Waals surface area contributed by atoms with Crippen LogP contribution < -0.4 is 5.32 Å². The molecule has 2 saturated heterocycles. The Kier molecular flexibility index (Phi) is 5.44. The van der Waals surface area contributed by atoms with E-state index in [2.05, 4.69) is 15.6 Å². The van der Waals surface area contributed by atoms with Gasteiger partial charge in [-0.25, -0.2) is 9.48 Å². The van der Waals surface area contributed by atoms with Crippen molar-refractivity contribution in [2.24, 2.45) is 0 Å². The van der Waals surface area contributed by atoms with Crippen molar-refractivity contribution in [1.29, 1.82) is 5.26 Å². The first-order valence-electron chi connectivity index (χ1n) is 9.30. The molecular formula is C19H22N6O4. The Hall–Kier alpha value is -3.00. The highest BCUT2D eigenvalue weighted by Gasteiger charge is 2.50. The van der Waals surface area contributed by atoms with Crippen LogP contribution in [0.1, 0.15) is 17.3 Å². The number of nitriles is 1. The summed E-state index contributed by atoms with van der Waals surface area (Å²) in [5, 5.41) is 20.0. The first kappa shape index (κ1) is 19.3. The van der Waals surface area contributed by atoms with Gasteiger partial charge in [0.05, 0.1) is 36.7 Å². The number of fused-ring (bicyclic) bond motifs is 1. The van der Waals surface area contributed by atoms with Crippen molar-refractivity contribution in [3.05, 3.63) is 41.7 Å². The fourth-order valence-electron chi connectivity index (χ4n) is 3.60. The lowest BCUT2D eigenvalue weighted by molar-refractivity contribution is 0.00770. The third kappa shape index (κ3) is 4.22. The van der Waals surface area contributed by atoms with Gasteiger partial charge in [-0.2, -0.15) is 5.26 Å². The minimum absolute atomic E-state index is 0.118. The summed E-state index contributed by atoms with van der Waals surface area (Å²) in [7, 11) is 3.94. The zero-order chi connectivity index (χ0) is 20.4. The highest BCUT2D eigenvalue weighted by atomic mass is 16.6. The number of hydrogen-bond acceptors (Lipinski definition) is 8. The third-order valence-corrected chi connectivity index (χ3v) is 4.85. The van der Waals surface area contributed by atoms with Crippen molar-refractivity contribution in [3.8, 4) is 6.07 Å². The summed E-state index contributed by atoms with van der Waals surface area (Å²) in [6.45, 7) is 1.35. The number of nitrogens with one attached hydrogen (secondary N) is 1. The van der Waals surface area contributed by atoms with E-state index in [1.807, 2.05) is 31.3 Å². The molecule has 3 heterocycles. The largest absolute Gasteiger partial charge is 0.441 e. The van der Waals surface area contributed by atoms with Crippen molar-refractivity contribution in [3.63, 3.8) is 0 Å². The van der Waals surface area contributed by atoms with Crippen LogP contribution in [0.15, 0.2) is 30.5 Å². The molecular weight excluding hydrogens is 376 g/mol. The molecule has 2 aliphatic rings. The SMILES string of the molecule is CN(C)Cc1cn(C2COC3C(OC(=O)Nc4cccc(C#N)c4)COC32)nn1. The molecule has 4 rings (SSSR count). The standard InChI is InChI=1S/C19H22N6O4/c1-24(2)8-14-9-25(23-22-14)15-10-27-18-16(11-28-17(15)18)29-19(26)21-13-5-3-4-12(6-13)7-20/h3-6,9,15-18H,8,10-11H2,1-2H3,(H,21,26). The Bertz CT molecular complexity index is 923. The average Bonchev–Trinajstić information content (AvgIpc) is 3.39. The third-order valence-electron chi connectivity index (χ3n) is 4.85. The fourth-order valence-corrected chi connectivity index (χ4v) is 3.60. The molecule has 1 amide bonds. The normalized spacial score (nSPS) is 25.6. The van der Waals surface area contributed by atoms with Crippen LogP contribution in [0, 0.1) is 11.3 Å². The number of benzene rings is 1. The first-order chi connectivity index (χ1) is 14.0. The minimum Gasteiger partial charge on any atom is -0.441 e. The Morgan fingerprint density at radius 2 is 2.21 bits per heavy atom. The van der Waals surface area contributed by atoms with Crippen LogP contribution in [0.25, 0.3) is 0 Å². The van der Waals surface area contributed by atoms with E-state index < -0.39 is 12.2 Å². The average molecular weight is 398 g/mol. The Balaban J connectivity index is 1.36. The van der Waals surface area contributed by atoms with Crippen LogP contribution in [-0.4, -0.2) is 71.6 Å². The molecule has 1 N–H and O–H groups in total. The van der Waals surface area contributed by atoms with Gasteiger partial charge in [0.25, 0.3) is 0 Å². The topological polar surface area (TPSA) is 115 Å². The molecule has 10 nitrogen and oxygen atoms in total. The predicted octanol–water partition coefficient (Wildman–Crippen LogP) is 1.17. The molecule has 0 bridgehead atoms. The number of anilines is 1. The minimum atomic E-state index is -0.615. The van der Waals surface area contributed by atoms with Gasteiger partial charge in [-0.3, -0.25) is 5.32 Å². The van der Waals surface area contributed by atoms with Gasteiger partial charge in [-0.15, -0.1) is 5.10 Å². The highest BCUT2D eigenvalue weighted by molar-refractivity contribution is 5.85. The van der Waals surface area contributed by atoms with E-state index in [0.29, 0.717) is 24.4 Å². The van der Waals surface area contributed by atoms with E-state index in [9.17, 15) is 4.79 Å². The van der Waals surface area contributed by atoms with E-state index in [-0.39, 0.29) is 24.9 Å². The maximum atomic E-state index is 12.3. The van der Waals surface area contributed by atoms with Crippen LogP contribution >= 0.6 is 0 Å². The molecule has 152 valence electrons. The number of aromatic nitrogens is 3. The van der Waals surface area contributed by atoms with Gasteiger partial charge in [0.15, 0.2) is 6.10 Å². The molecule has 2 aliphatic heterocycles. The molecule has 1 aromatic heterocycles. The van der Waals surface area contributed by atoms with Crippen LogP contribution in [0.5, 0.6) is 0 Å². The predicted molar refractivity (Wildman–Crippen MR) is 101 cm³/mol. The van der Waals surface area contributed by atoms with Gasteiger partial charge in [-0.05, 0) is 32.3 Å². The number of rotatable bonds is 5. The summed E-state index contributed by atoms with van der Waals surface area (Å²) in [4.78, 5) is 14.3. The number of nitrogens with zero attached hydrogens (tertiary/aromatic N) is 5. The molecule has 2 fully saturated rings. The van der Waals surface area contributed by atoms with Crippen LogP contribution in [-0.2, 0) is 20.8 Å². The van der Waals surface area contributed by atoms with E-state index in [1.165, 1.54) is 0 Å². The molecule has 4 atom stereocenters. The number of carbonyl (C=O) groups is 1. The number of carbonyl (C=O) groups excluding carboxylic acids is 1. The monoisotopic (exact) mass is 398 g/mol. The molecule has 4 unspecified atom stereocenters. The summed E-state index contributed by atoms with van der Waals surface area (Å²) in [5.74, 6) is 0. The highest BCUT2D eigenvalue weighted by Crippen LogP contribution is 2.35. The van der Waals surface area contributed by atoms with E-state index in [1.54, 1.807) is 28.9 Å². The van der Waals surface area contributed by atoms with Gasteiger partial charge in [0.2, 0.25) is 0 Å². The summed E-state index contributed by atoms with van der Waals surface area (Å²) in [6, 6.07) is 8.53. The molecule has 2 aromatic rings. The smallest absolute Gasteiger partial charge is 0.412 e. The van der Waals surface area contributed by atoms with Crippen LogP contribution in [0.3, 0.4) is 0 Å². The Labute approximate surface area is 167 Å². The van der Waals surface area contributed by atoms with Crippen molar-refractivity contribution >= 4 is 11.8 Å². The van der Waals surface area contributed by atoms with Crippen LogP contribution in [0.2, 0.25) is 0 Å². The summed E-state index contributed by atoms with van der Waals surface area (Å²) >= 11 is 0. The van der Waals surface area contributed by atoms with Gasteiger partial charge in [0.1, 0.15) is 18.2 Å². The molecule has 0 saturated carbocycles. The Morgan fingerprint density at radius 1 is 1.38 bits per heavy atom. The molecule has 0 spiro atoms. The lowest BCUT2D eigenvalue weighted by Gasteiger charge is -2.17. The van der Waals surface area contributed by atoms with Crippen molar-refractivity contribution in [2.75, 3.05) is 32.6 Å². The van der Waals surface area contributed by atoms with E-state index in [4.69, 9.17) is 19.5 Å². The summed E-state index contributed by atoms with van der Waals surface area (Å²) in [5.41, 5.74) is 1.81. The molecule has 0 aliphatic carbocycles. The zero-order valence-electron chi connectivity index (χ0n) is 16.2. The number of ether oxygens (including phenoxy) is 3. The zero-order valence-corrected chi connectivity index (χ0v) is 16.2. The molecule has 1 aromatic carbocycles. The van der Waals surface area contributed by atoms with E-state index >= 15 is 0 Å². The molecule has 29 heavy (non-hydrogen) atoms. The van der Waals surface area contributed by atoms with Crippen molar-refractivity contribution in [2.45, 2.75) is 30.9 Å².